The molecular formula is C23H24ClN3O3. The Kier molecular flexibility index (Phi) is 7.25. The lowest BCUT2D eigenvalue weighted by molar-refractivity contribution is -0.130. The molecule has 156 valence electrons. The first kappa shape index (κ1) is 21.6. The number of carbonyl (C=O) groups excluding carboxylic acids is 3. The number of anilines is 2. The van der Waals surface area contributed by atoms with Crippen molar-refractivity contribution in [2.24, 2.45) is 5.92 Å². The average molecular weight is 426 g/mol. The summed E-state index contributed by atoms with van der Waals surface area (Å²) in [5, 5.41) is 5.85. The van der Waals surface area contributed by atoms with Crippen molar-refractivity contribution in [3.05, 3.63) is 65.2 Å². The zero-order valence-electron chi connectivity index (χ0n) is 16.7. The van der Waals surface area contributed by atoms with E-state index < -0.39 is 0 Å². The van der Waals surface area contributed by atoms with Gasteiger partial charge < -0.3 is 15.5 Å². The molecule has 1 saturated heterocycles. The maximum Gasteiger partial charge on any atom is 0.246 e. The molecule has 1 aliphatic heterocycles. The molecule has 2 aromatic rings. The van der Waals surface area contributed by atoms with Gasteiger partial charge in [0.1, 0.15) is 0 Å². The molecule has 0 unspecified atom stereocenters. The molecule has 7 heteroatoms. The molecule has 0 atom stereocenters. The summed E-state index contributed by atoms with van der Waals surface area (Å²) in [6.45, 7) is 2.48. The van der Waals surface area contributed by atoms with E-state index in [1.54, 1.807) is 35.3 Å². The van der Waals surface area contributed by atoms with Crippen molar-refractivity contribution in [3.8, 4) is 0 Å². The van der Waals surface area contributed by atoms with Crippen LogP contribution < -0.4 is 10.6 Å². The second-order valence-electron chi connectivity index (χ2n) is 7.21. The standard InChI is InChI=1S/C23H24ClN3O3/c1-16(28)25-19-8-9-21(20(24)15-19)26-23(30)18-11-13-27(14-12-18)22(29)10-7-17-5-3-2-4-6-17/h2-10,15,18H,11-14H2,1H3,(H,25,28)(H,26,30)/b10-7+. The van der Waals surface area contributed by atoms with Crippen LogP contribution >= 0.6 is 11.6 Å². The molecule has 0 spiro atoms. The smallest absolute Gasteiger partial charge is 0.246 e. The van der Waals surface area contributed by atoms with Gasteiger partial charge in [-0.05, 0) is 42.7 Å². The molecule has 30 heavy (non-hydrogen) atoms. The molecule has 2 aromatic carbocycles. The molecule has 1 aliphatic rings. The molecule has 6 nitrogen and oxygen atoms in total. The zero-order chi connectivity index (χ0) is 21.5. The van der Waals surface area contributed by atoms with Crippen molar-refractivity contribution in [2.45, 2.75) is 19.8 Å². The number of rotatable bonds is 5. The van der Waals surface area contributed by atoms with Gasteiger partial charge in [0.15, 0.2) is 0 Å². The lowest BCUT2D eigenvalue weighted by Crippen LogP contribution is -2.40. The molecule has 2 N–H and O–H groups in total. The number of hydrogen-bond acceptors (Lipinski definition) is 3. The molecule has 0 aliphatic carbocycles. The van der Waals surface area contributed by atoms with Crippen LogP contribution in [-0.4, -0.2) is 35.7 Å². The van der Waals surface area contributed by atoms with Crippen molar-refractivity contribution in [2.75, 3.05) is 23.7 Å². The van der Waals surface area contributed by atoms with E-state index in [1.165, 1.54) is 6.92 Å². The number of benzene rings is 2. The van der Waals surface area contributed by atoms with Crippen LogP contribution in [0.5, 0.6) is 0 Å². The lowest BCUT2D eigenvalue weighted by atomic mass is 9.95. The highest BCUT2D eigenvalue weighted by Gasteiger charge is 2.27. The first-order valence-electron chi connectivity index (χ1n) is 9.82. The SMILES string of the molecule is CC(=O)Nc1ccc(NC(=O)C2CCN(C(=O)/C=C/c3ccccc3)CC2)c(Cl)c1. The van der Waals surface area contributed by atoms with E-state index >= 15 is 0 Å². The summed E-state index contributed by atoms with van der Waals surface area (Å²) in [6.07, 6.45) is 4.57. The van der Waals surface area contributed by atoms with Gasteiger partial charge in [-0.3, -0.25) is 14.4 Å². The van der Waals surface area contributed by atoms with Gasteiger partial charge in [0.05, 0.1) is 10.7 Å². The second-order valence-corrected chi connectivity index (χ2v) is 7.62. The predicted molar refractivity (Wildman–Crippen MR) is 119 cm³/mol. The zero-order valence-corrected chi connectivity index (χ0v) is 17.5. The third-order valence-electron chi connectivity index (χ3n) is 4.94. The van der Waals surface area contributed by atoms with Crippen molar-refractivity contribution in [3.63, 3.8) is 0 Å². The molecule has 0 saturated carbocycles. The number of hydrogen-bond donors (Lipinski definition) is 2. The quantitative estimate of drug-likeness (QED) is 0.705. The number of nitrogens with one attached hydrogen (secondary N) is 2. The van der Waals surface area contributed by atoms with Gasteiger partial charge in [0.2, 0.25) is 17.7 Å². The third-order valence-corrected chi connectivity index (χ3v) is 5.26. The number of piperidine rings is 1. The topological polar surface area (TPSA) is 78.5 Å². The van der Waals surface area contributed by atoms with Gasteiger partial charge in [-0.2, -0.15) is 0 Å². The number of nitrogens with zero attached hydrogens (tertiary/aromatic N) is 1. The van der Waals surface area contributed by atoms with Crippen LogP contribution in [0.15, 0.2) is 54.6 Å². The van der Waals surface area contributed by atoms with Gasteiger partial charge in [-0.1, -0.05) is 41.9 Å². The Morgan fingerprint density at radius 3 is 2.37 bits per heavy atom. The normalized spacial score (nSPS) is 14.5. The Morgan fingerprint density at radius 2 is 1.73 bits per heavy atom. The van der Waals surface area contributed by atoms with Crippen molar-refractivity contribution in [1.29, 1.82) is 0 Å². The first-order valence-corrected chi connectivity index (χ1v) is 10.2. The summed E-state index contributed by atoms with van der Waals surface area (Å²) in [5.41, 5.74) is 2.04. The van der Waals surface area contributed by atoms with Crippen LogP contribution in [0.1, 0.15) is 25.3 Å². The van der Waals surface area contributed by atoms with E-state index in [0.717, 1.165) is 5.56 Å². The van der Waals surface area contributed by atoms with E-state index in [1.807, 2.05) is 30.3 Å². The van der Waals surface area contributed by atoms with Crippen LogP contribution in [0.3, 0.4) is 0 Å². The van der Waals surface area contributed by atoms with Gasteiger partial charge >= 0.3 is 0 Å². The van der Waals surface area contributed by atoms with E-state index in [2.05, 4.69) is 10.6 Å². The molecule has 3 amide bonds. The maximum absolute atomic E-state index is 12.6. The second kappa shape index (κ2) is 10.1. The number of likely N-dealkylation sites (tertiary alicyclic amines) is 1. The van der Waals surface area contributed by atoms with Crippen LogP contribution in [-0.2, 0) is 14.4 Å². The van der Waals surface area contributed by atoms with E-state index in [-0.39, 0.29) is 23.6 Å². The summed E-state index contributed by atoms with van der Waals surface area (Å²) >= 11 is 6.22. The van der Waals surface area contributed by atoms with E-state index in [0.29, 0.717) is 42.3 Å². The first-order chi connectivity index (χ1) is 14.4. The Bertz CT molecular complexity index is 951. The Morgan fingerprint density at radius 1 is 1.03 bits per heavy atom. The summed E-state index contributed by atoms with van der Waals surface area (Å²) in [4.78, 5) is 37.9. The Labute approximate surface area is 180 Å². The van der Waals surface area contributed by atoms with Crippen molar-refractivity contribution in [1.82, 2.24) is 4.90 Å². The summed E-state index contributed by atoms with van der Waals surface area (Å²) in [5.74, 6) is -0.536. The minimum absolute atomic E-state index is 0.0469. The Balaban J connectivity index is 1.51. The summed E-state index contributed by atoms with van der Waals surface area (Å²) in [7, 11) is 0. The van der Waals surface area contributed by atoms with E-state index in [9.17, 15) is 14.4 Å². The number of halogens is 1. The van der Waals surface area contributed by atoms with Gasteiger partial charge in [0.25, 0.3) is 0 Å². The molecular weight excluding hydrogens is 402 g/mol. The highest BCUT2D eigenvalue weighted by Crippen LogP contribution is 2.27. The molecule has 0 aromatic heterocycles. The molecule has 3 rings (SSSR count). The lowest BCUT2D eigenvalue weighted by Gasteiger charge is -2.30. The fraction of sp³-hybridized carbons (Fsp3) is 0.261. The number of carbonyl (C=O) groups is 3. The van der Waals surface area contributed by atoms with Gasteiger partial charge in [-0.25, -0.2) is 0 Å². The number of amides is 3. The van der Waals surface area contributed by atoms with E-state index in [4.69, 9.17) is 11.6 Å². The molecule has 0 bridgehead atoms. The van der Waals surface area contributed by atoms with Crippen molar-refractivity contribution < 1.29 is 14.4 Å². The van der Waals surface area contributed by atoms with Crippen molar-refractivity contribution >= 4 is 46.8 Å². The summed E-state index contributed by atoms with van der Waals surface area (Å²) < 4.78 is 0. The fourth-order valence-electron chi connectivity index (χ4n) is 3.33. The van der Waals surface area contributed by atoms with Gasteiger partial charge in [0, 0.05) is 37.7 Å². The van der Waals surface area contributed by atoms with Crippen LogP contribution in [0.25, 0.3) is 6.08 Å². The van der Waals surface area contributed by atoms with Gasteiger partial charge in [-0.15, -0.1) is 0 Å². The highest BCUT2D eigenvalue weighted by atomic mass is 35.5. The average Bonchev–Trinajstić information content (AvgIpc) is 2.74. The highest BCUT2D eigenvalue weighted by molar-refractivity contribution is 6.34. The fourth-order valence-corrected chi connectivity index (χ4v) is 3.56. The Hall–Kier alpha value is -3.12. The monoisotopic (exact) mass is 425 g/mol. The van der Waals surface area contributed by atoms with Crippen LogP contribution in [0.4, 0.5) is 11.4 Å². The third kappa shape index (κ3) is 5.94. The molecule has 1 fully saturated rings. The maximum atomic E-state index is 12.6. The predicted octanol–water partition coefficient (Wildman–Crippen LogP) is 4.19. The van der Waals surface area contributed by atoms with Crippen LogP contribution in [0, 0.1) is 5.92 Å². The molecule has 0 radical (unpaired) electrons. The molecule has 1 heterocycles. The largest absolute Gasteiger partial charge is 0.339 e. The minimum atomic E-state index is -0.192. The summed E-state index contributed by atoms with van der Waals surface area (Å²) in [6, 6.07) is 14.6. The minimum Gasteiger partial charge on any atom is -0.339 e. The van der Waals surface area contributed by atoms with Crippen LogP contribution in [0.2, 0.25) is 5.02 Å².